The summed E-state index contributed by atoms with van der Waals surface area (Å²) in [4.78, 5) is 4.07. The molecule has 0 aliphatic rings. The fourth-order valence-electron chi connectivity index (χ4n) is 1.94. The van der Waals surface area contributed by atoms with Crippen LogP contribution in [0, 0.1) is 0 Å². The predicted molar refractivity (Wildman–Crippen MR) is 82.7 cm³/mol. The predicted octanol–water partition coefficient (Wildman–Crippen LogP) is 2.21. The molecule has 0 aliphatic carbocycles. The molecule has 0 saturated carbocycles. The van der Waals surface area contributed by atoms with Crippen molar-refractivity contribution in [1.29, 1.82) is 0 Å². The Balaban J connectivity index is 2.34. The lowest BCUT2D eigenvalue weighted by molar-refractivity contribution is 0.599. The highest BCUT2D eigenvalue weighted by atomic mass is 35.5. The zero-order valence-corrected chi connectivity index (χ0v) is 13.2. The number of aromatic nitrogens is 2. The molecule has 6 nitrogen and oxygen atoms in total. The Labute approximate surface area is 129 Å². The fourth-order valence-corrected chi connectivity index (χ4v) is 3.26. The van der Waals surface area contributed by atoms with Crippen LogP contribution in [-0.2, 0) is 23.1 Å². The molecule has 0 bridgehead atoms. The average Bonchev–Trinajstić information content (AvgIpc) is 2.86. The third kappa shape index (κ3) is 3.55. The first-order valence-electron chi connectivity index (χ1n) is 6.50. The van der Waals surface area contributed by atoms with Crippen molar-refractivity contribution in [2.75, 3.05) is 4.72 Å². The number of nitrogens with one attached hydrogen (secondary N) is 1. The summed E-state index contributed by atoms with van der Waals surface area (Å²) in [5, 5.41) is 0.244. The number of sulfonamides is 1. The van der Waals surface area contributed by atoms with Crippen molar-refractivity contribution < 1.29 is 8.42 Å². The molecule has 0 spiro atoms. The van der Waals surface area contributed by atoms with E-state index in [4.69, 9.17) is 17.3 Å². The Kier molecular flexibility index (Phi) is 4.87. The van der Waals surface area contributed by atoms with Gasteiger partial charge in [-0.05, 0) is 24.6 Å². The Morgan fingerprint density at radius 2 is 2.24 bits per heavy atom. The standard InChI is InChI=1S/C13H17ClN4O2S/c1-2-6-18-9-11(7-10(18)8-15)21(19,20)17-13-12(14)4-3-5-16-13/h3-5,7,9H,2,6,8,15H2,1H3,(H,16,17). The first-order chi connectivity index (χ1) is 9.97. The van der Waals surface area contributed by atoms with Crippen LogP contribution in [0.1, 0.15) is 19.0 Å². The van der Waals surface area contributed by atoms with Gasteiger partial charge in [0.05, 0.1) is 5.02 Å². The normalized spacial score (nSPS) is 11.6. The van der Waals surface area contributed by atoms with Gasteiger partial charge in [-0.1, -0.05) is 18.5 Å². The van der Waals surface area contributed by atoms with Crippen molar-refractivity contribution in [1.82, 2.24) is 9.55 Å². The molecule has 21 heavy (non-hydrogen) atoms. The number of anilines is 1. The summed E-state index contributed by atoms with van der Waals surface area (Å²) in [5.41, 5.74) is 6.41. The Morgan fingerprint density at radius 3 is 2.86 bits per heavy atom. The second kappa shape index (κ2) is 6.46. The second-order valence-corrected chi connectivity index (χ2v) is 6.59. The molecule has 0 aromatic carbocycles. The third-order valence-corrected chi connectivity index (χ3v) is 4.55. The van der Waals surface area contributed by atoms with Gasteiger partial charge >= 0.3 is 0 Å². The number of aryl methyl sites for hydroxylation is 1. The number of hydrogen-bond acceptors (Lipinski definition) is 4. The van der Waals surface area contributed by atoms with Gasteiger partial charge in [0.25, 0.3) is 10.0 Å². The maximum Gasteiger partial charge on any atom is 0.264 e. The van der Waals surface area contributed by atoms with Crippen LogP contribution < -0.4 is 10.5 Å². The average molecular weight is 329 g/mol. The second-order valence-electron chi connectivity index (χ2n) is 4.50. The summed E-state index contributed by atoms with van der Waals surface area (Å²) in [6, 6.07) is 4.76. The monoisotopic (exact) mass is 328 g/mol. The van der Waals surface area contributed by atoms with E-state index >= 15 is 0 Å². The third-order valence-electron chi connectivity index (χ3n) is 2.93. The van der Waals surface area contributed by atoms with Crippen LogP contribution in [0.25, 0.3) is 0 Å². The molecule has 0 radical (unpaired) electrons. The zero-order chi connectivity index (χ0) is 15.5. The van der Waals surface area contributed by atoms with Crippen molar-refractivity contribution in [3.05, 3.63) is 41.3 Å². The quantitative estimate of drug-likeness (QED) is 0.850. The molecule has 114 valence electrons. The minimum atomic E-state index is -3.74. The van der Waals surface area contributed by atoms with E-state index in [-0.39, 0.29) is 22.3 Å². The van der Waals surface area contributed by atoms with Crippen LogP contribution in [-0.4, -0.2) is 18.0 Å². The fraction of sp³-hybridized carbons (Fsp3) is 0.308. The van der Waals surface area contributed by atoms with E-state index < -0.39 is 10.0 Å². The van der Waals surface area contributed by atoms with Crippen LogP contribution in [0.4, 0.5) is 5.82 Å². The Hall–Kier alpha value is -1.57. The van der Waals surface area contributed by atoms with Crippen LogP contribution >= 0.6 is 11.6 Å². The van der Waals surface area contributed by atoms with Crippen molar-refractivity contribution in [3.8, 4) is 0 Å². The summed E-state index contributed by atoms with van der Waals surface area (Å²) in [6.45, 7) is 3.01. The molecule has 0 unspecified atom stereocenters. The molecule has 8 heteroatoms. The number of pyridine rings is 1. The van der Waals surface area contributed by atoms with Gasteiger partial charge in [-0.2, -0.15) is 0 Å². The van der Waals surface area contributed by atoms with Crippen molar-refractivity contribution in [3.63, 3.8) is 0 Å². The van der Waals surface area contributed by atoms with Crippen LogP contribution in [0.15, 0.2) is 35.5 Å². The van der Waals surface area contributed by atoms with Crippen molar-refractivity contribution >= 4 is 27.4 Å². The molecule has 2 heterocycles. The van der Waals surface area contributed by atoms with Crippen LogP contribution in [0.5, 0.6) is 0 Å². The number of nitrogens with zero attached hydrogens (tertiary/aromatic N) is 2. The Bertz CT molecular complexity index is 728. The highest BCUT2D eigenvalue weighted by Gasteiger charge is 2.19. The molecular formula is C13H17ClN4O2S. The summed E-state index contributed by atoms with van der Waals surface area (Å²) in [6.07, 6.45) is 3.93. The molecule has 0 aliphatic heterocycles. The van der Waals surface area contributed by atoms with Gasteiger partial charge in [-0.25, -0.2) is 13.4 Å². The summed E-state index contributed by atoms with van der Waals surface area (Å²) in [7, 11) is -3.74. The molecule has 2 aromatic heterocycles. The van der Waals surface area contributed by atoms with E-state index in [1.807, 2.05) is 11.5 Å². The molecular weight excluding hydrogens is 312 g/mol. The maximum absolute atomic E-state index is 12.4. The lowest BCUT2D eigenvalue weighted by Gasteiger charge is -2.06. The SMILES string of the molecule is CCCn1cc(S(=O)(=O)Nc2ncccc2Cl)cc1CN. The number of halogens is 1. The highest BCUT2D eigenvalue weighted by Crippen LogP contribution is 2.22. The van der Waals surface area contributed by atoms with Crippen LogP contribution in [0.2, 0.25) is 5.02 Å². The number of nitrogens with two attached hydrogens (primary N) is 1. The van der Waals surface area contributed by atoms with Gasteiger partial charge in [0.1, 0.15) is 4.90 Å². The van der Waals surface area contributed by atoms with Crippen LogP contribution in [0.3, 0.4) is 0 Å². The minimum Gasteiger partial charge on any atom is -0.349 e. The molecule has 0 atom stereocenters. The van der Waals surface area contributed by atoms with Gasteiger partial charge in [0.2, 0.25) is 0 Å². The van der Waals surface area contributed by atoms with Gasteiger partial charge in [-0.15, -0.1) is 0 Å². The molecule has 0 saturated heterocycles. The summed E-state index contributed by atoms with van der Waals surface area (Å²) < 4.78 is 29.0. The Morgan fingerprint density at radius 1 is 1.48 bits per heavy atom. The van der Waals surface area contributed by atoms with E-state index in [1.165, 1.54) is 6.20 Å². The lowest BCUT2D eigenvalue weighted by Crippen LogP contribution is -2.13. The molecule has 3 N–H and O–H groups in total. The first kappa shape index (κ1) is 15.8. The molecule has 0 amide bonds. The maximum atomic E-state index is 12.4. The van der Waals surface area contributed by atoms with Gasteiger partial charge in [-0.3, -0.25) is 4.72 Å². The smallest absolute Gasteiger partial charge is 0.264 e. The largest absolute Gasteiger partial charge is 0.349 e. The minimum absolute atomic E-state index is 0.108. The molecule has 2 rings (SSSR count). The first-order valence-corrected chi connectivity index (χ1v) is 8.36. The highest BCUT2D eigenvalue weighted by molar-refractivity contribution is 7.92. The summed E-state index contributed by atoms with van der Waals surface area (Å²) >= 11 is 5.92. The molecule has 2 aromatic rings. The van der Waals surface area contributed by atoms with E-state index in [9.17, 15) is 8.42 Å². The topological polar surface area (TPSA) is 90.0 Å². The number of hydrogen-bond donors (Lipinski definition) is 2. The van der Waals surface area contributed by atoms with E-state index in [2.05, 4.69) is 9.71 Å². The number of rotatable bonds is 6. The van der Waals surface area contributed by atoms with Gasteiger partial charge in [0, 0.05) is 31.2 Å². The van der Waals surface area contributed by atoms with Gasteiger partial charge < -0.3 is 10.3 Å². The van der Waals surface area contributed by atoms with E-state index in [1.54, 1.807) is 24.4 Å². The van der Waals surface area contributed by atoms with Crippen molar-refractivity contribution in [2.45, 2.75) is 31.3 Å². The van der Waals surface area contributed by atoms with E-state index in [0.29, 0.717) is 6.54 Å². The van der Waals surface area contributed by atoms with Crippen molar-refractivity contribution in [2.24, 2.45) is 5.73 Å². The zero-order valence-electron chi connectivity index (χ0n) is 11.6. The van der Waals surface area contributed by atoms with E-state index in [0.717, 1.165) is 12.1 Å². The lowest BCUT2D eigenvalue weighted by atomic mass is 10.4. The summed E-state index contributed by atoms with van der Waals surface area (Å²) in [5.74, 6) is 0.108. The van der Waals surface area contributed by atoms with Gasteiger partial charge in [0.15, 0.2) is 5.82 Å². The molecule has 0 fully saturated rings.